The van der Waals surface area contributed by atoms with E-state index in [1.165, 1.54) is 19.2 Å². The van der Waals surface area contributed by atoms with E-state index in [0.717, 1.165) is 64.5 Å². The number of anilines is 1. The van der Waals surface area contributed by atoms with Gasteiger partial charge in [0.1, 0.15) is 24.1 Å². The summed E-state index contributed by atoms with van der Waals surface area (Å²) in [6.45, 7) is 2.02. The van der Waals surface area contributed by atoms with Gasteiger partial charge in [0.15, 0.2) is 0 Å². The molecule has 16 heteroatoms. The van der Waals surface area contributed by atoms with Gasteiger partial charge in [-0.3, -0.25) is 14.4 Å². The summed E-state index contributed by atoms with van der Waals surface area (Å²) >= 11 is 6.14. The fourth-order valence-corrected chi connectivity index (χ4v) is 6.17. The number of aliphatic hydroxyl groups excluding tert-OH is 5. The number of hydrogen-bond donors (Lipinski definition) is 8. The Morgan fingerprint density at radius 3 is 2.31 bits per heavy atom. The number of benzene rings is 1. The van der Waals surface area contributed by atoms with Crippen molar-refractivity contribution in [3.8, 4) is 5.75 Å². The summed E-state index contributed by atoms with van der Waals surface area (Å²) in [7, 11) is 4.95. The summed E-state index contributed by atoms with van der Waals surface area (Å²) in [4.78, 5) is 41.7. The van der Waals surface area contributed by atoms with Gasteiger partial charge in [0.05, 0.1) is 48.2 Å². The Labute approximate surface area is 306 Å². The molecule has 1 saturated heterocycles. The Bertz CT molecular complexity index is 1210. The number of nitrogens with one attached hydrogen (secondary N) is 2. The highest BCUT2D eigenvalue weighted by atomic mass is 35.5. The number of methoxy groups -OCH3 is 2. The molecule has 1 fully saturated rings. The van der Waals surface area contributed by atoms with Crippen LogP contribution in [0, 0.1) is 0 Å². The van der Waals surface area contributed by atoms with Crippen LogP contribution in [0.4, 0.5) is 5.69 Å². The van der Waals surface area contributed by atoms with Crippen molar-refractivity contribution in [3.63, 3.8) is 0 Å². The van der Waals surface area contributed by atoms with Crippen LogP contribution >= 0.6 is 11.6 Å². The van der Waals surface area contributed by atoms with Crippen LogP contribution in [0.1, 0.15) is 81.0 Å². The average Bonchev–Trinajstić information content (AvgIpc) is 3.13. The molecular formula is C35H60ClN5O10. The van der Waals surface area contributed by atoms with Crippen LogP contribution in [0.2, 0.25) is 5.02 Å². The Kier molecular flexibility index (Phi) is 20.7. The molecule has 1 aliphatic heterocycles. The molecule has 1 aliphatic rings. The van der Waals surface area contributed by atoms with E-state index in [1.54, 1.807) is 12.0 Å². The zero-order valence-electron chi connectivity index (χ0n) is 30.3. The fraction of sp³-hybridized carbons (Fsp3) is 0.743. The highest BCUT2D eigenvalue weighted by molar-refractivity contribution is 6.33. The SMILES string of the molecule is COc1cc(N)c(Cl)cc1C(=O)N[C@@H]1CCN(CCCCCC(=O)N(C)CCCCCCCC(=O)NC[C@H](O)[C@@H](O)[C@H](O)[C@H](O)CO)C[C@@H]1OC. The number of nitrogens with zero attached hydrogens (tertiary/aromatic N) is 2. The fourth-order valence-electron chi connectivity index (χ4n) is 6.01. The van der Waals surface area contributed by atoms with Crippen LogP contribution in [0.25, 0.3) is 0 Å². The first-order chi connectivity index (χ1) is 24.3. The summed E-state index contributed by atoms with van der Waals surface area (Å²) in [5.41, 5.74) is 6.51. The molecule has 0 aliphatic carbocycles. The standard InChI is InChI=1S/C35H60ClN5O10/c1-40(15-10-6-4-5-8-12-31(45)38-20-27(43)33(47)34(48)28(44)22-42)32(46)13-9-7-11-16-41-17-14-26(30(21-41)51-3)39-35(49)23-18-24(36)25(37)19-29(23)50-2/h18-19,26-28,30,33-34,42-44,47-48H,4-17,20-22,37H2,1-3H3,(H,38,45)(H,39,49)/t26-,27+,28-,30+,33-,34-/m1/s1. The molecule has 15 nitrogen and oxygen atoms in total. The van der Waals surface area contributed by atoms with Crippen molar-refractivity contribution in [2.45, 2.75) is 107 Å². The third-order valence-electron chi connectivity index (χ3n) is 9.35. The zero-order valence-corrected chi connectivity index (χ0v) is 31.0. The van der Waals surface area contributed by atoms with Crippen molar-refractivity contribution in [3.05, 3.63) is 22.7 Å². The number of nitrogen functional groups attached to an aromatic ring is 1. The second kappa shape index (κ2) is 23.7. The molecule has 6 atom stereocenters. The van der Waals surface area contributed by atoms with Crippen LogP contribution in [0.3, 0.4) is 0 Å². The summed E-state index contributed by atoms with van der Waals surface area (Å²) in [6.07, 6.45) is 1.74. The second-order valence-corrected chi connectivity index (χ2v) is 13.7. The Morgan fingerprint density at radius 1 is 0.980 bits per heavy atom. The van der Waals surface area contributed by atoms with Gasteiger partial charge < -0.3 is 61.2 Å². The topological polar surface area (TPSA) is 227 Å². The lowest BCUT2D eigenvalue weighted by Crippen LogP contribution is -2.54. The van der Waals surface area contributed by atoms with Gasteiger partial charge in [0.2, 0.25) is 11.8 Å². The van der Waals surface area contributed by atoms with Gasteiger partial charge in [-0.2, -0.15) is 0 Å². The second-order valence-electron chi connectivity index (χ2n) is 13.3. The van der Waals surface area contributed by atoms with E-state index >= 15 is 0 Å². The normalized spacial score (nSPS) is 18.8. The number of unbranched alkanes of at least 4 members (excludes halogenated alkanes) is 6. The molecule has 0 spiro atoms. The molecule has 1 aromatic carbocycles. The number of carbonyl (C=O) groups is 3. The Morgan fingerprint density at radius 2 is 1.63 bits per heavy atom. The van der Waals surface area contributed by atoms with E-state index in [1.807, 2.05) is 7.05 Å². The molecule has 2 rings (SSSR count). The quantitative estimate of drug-likeness (QED) is 0.0540. The van der Waals surface area contributed by atoms with E-state index in [-0.39, 0.29) is 47.9 Å². The Balaban J connectivity index is 1.53. The number of hydrogen-bond acceptors (Lipinski definition) is 12. The number of carbonyl (C=O) groups excluding carboxylic acids is 3. The van der Waals surface area contributed by atoms with E-state index in [2.05, 4.69) is 15.5 Å². The highest BCUT2D eigenvalue weighted by Gasteiger charge is 2.32. The molecule has 292 valence electrons. The van der Waals surface area contributed by atoms with Crippen LogP contribution < -0.4 is 21.1 Å². The van der Waals surface area contributed by atoms with Crippen LogP contribution in [0.15, 0.2) is 12.1 Å². The van der Waals surface area contributed by atoms with E-state index in [9.17, 15) is 34.8 Å². The zero-order chi connectivity index (χ0) is 37.9. The number of likely N-dealkylation sites (tertiary alicyclic amines) is 1. The lowest BCUT2D eigenvalue weighted by molar-refractivity contribution is -0.130. The van der Waals surface area contributed by atoms with Crippen molar-refractivity contribution >= 4 is 35.0 Å². The van der Waals surface area contributed by atoms with Gasteiger partial charge in [0, 0.05) is 59.2 Å². The van der Waals surface area contributed by atoms with Crippen molar-refractivity contribution in [1.29, 1.82) is 0 Å². The number of halogens is 1. The van der Waals surface area contributed by atoms with Gasteiger partial charge in [-0.1, -0.05) is 37.3 Å². The Hall–Kier alpha value is -2.76. The van der Waals surface area contributed by atoms with Gasteiger partial charge in [0.25, 0.3) is 5.91 Å². The first-order valence-electron chi connectivity index (χ1n) is 17.9. The highest BCUT2D eigenvalue weighted by Crippen LogP contribution is 2.29. The number of rotatable bonds is 24. The largest absolute Gasteiger partial charge is 0.496 e. The molecule has 51 heavy (non-hydrogen) atoms. The lowest BCUT2D eigenvalue weighted by Gasteiger charge is -2.38. The summed E-state index contributed by atoms with van der Waals surface area (Å²) in [6, 6.07) is 2.89. The number of ether oxygens (including phenoxy) is 2. The van der Waals surface area contributed by atoms with E-state index in [4.69, 9.17) is 31.9 Å². The van der Waals surface area contributed by atoms with Crippen LogP contribution in [-0.2, 0) is 14.3 Å². The maximum atomic E-state index is 13.0. The predicted molar refractivity (Wildman–Crippen MR) is 193 cm³/mol. The van der Waals surface area contributed by atoms with Crippen molar-refractivity contribution in [2.24, 2.45) is 0 Å². The van der Waals surface area contributed by atoms with Gasteiger partial charge >= 0.3 is 0 Å². The van der Waals surface area contributed by atoms with Crippen molar-refractivity contribution in [1.82, 2.24) is 20.4 Å². The molecule has 1 aromatic rings. The predicted octanol–water partition coefficient (Wildman–Crippen LogP) is 0.661. The summed E-state index contributed by atoms with van der Waals surface area (Å²) in [5, 5.41) is 53.3. The smallest absolute Gasteiger partial charge is 0.255 e. The number of piperidine rings is 1. The van der Waals surface area contributed by atoms with E-state index in [0.29, 0.717) is 42.9 Å². The average molecular weight is 746 g/mol. The van der Waals surface area contributed by atoms with Gasteiger partial charge in [-0.15, -0.1) is 0 Å². The first-order valence-corrected chi connectivity index (χ1v) is 18.2. The molecule has 0 unspecified atom stereocenters. The maximum Gasteiger partial charge on any atom is 0.255 e. The third kappa shape index (κ3) is 15.4. The minimum absolute atomic E-state index is 0.132. The summed E-state index contributed by atoms with van der Waals surface area (Å²) in [5.74, 6) is -0.0985. The monoisotopic (exact) mass is 745 g/mol. The third-order valence-corrected chi connectivity index (χ3v) is 9.68. The number of amides is 3. The molecule has 9 N–H and O–H groups in total. The molecule has 0 saturated carbocycles. The number of aliphatic hydroxyl groups is 5. The van der Waals surface area contributed by atoms with Gasteiger partial charge in [-0.05, 0) is 44.7 Å². The molecule has 0 radical (unpaired) electrons. The number of nitrogens with two attached hydrogens (primary N) is 1. The maximum absolute atomic E-state index is 13.0. The minimum Gasteiger partial charge on any atom is -0.496 e. The lowest BCUT2D eigenvalue weighted by atomic mass is 10.00. The molecule has 0 bridgehead atoms. The van der Waals surface area contributed by atoms with Crippen LogP contribution in [0.5, 0.6) is 5.75 Å². The molecule has 0 aromatic heterocycles. The summed E-state index contributed by atoms with van der Waals surface area (Å²) < 4.78 is 11.1. The minimum atomic E-state index is -1.73. The molecular weight excluding hydrogens is 686 g/mol. The molecule has 1 heterocycles. The van der Waals surface area contributed by atoms with Crippen molar-refractivity contribution < 1.29 is 49.4 Å². The van der Waals surface area contributed by atoms with Crippen molar-refractivity contribution in [2.75, 3.05) is 66.3 Å². The first kappa shape index (κ1) is 44.4. The molecule has 3 amide bonds. The van der Waals surface area contributed by atoms with Gasteiger partial charge in [-0.25, -0.2) is 0 Å². The van der Waals surface area contributed by atoms with E-state index < -0.39 is 31.0 Å². The van der Waals surface area contributed by atoms with Crippen LogP contribution in [-0.4, -0.2) is 150 Å².